The summed E-state index contributed by atoms with van der Waals surface area (Å²) in [6, 6.07) is 2.42. The molecule has 17 heavy (non-hydrogen) atoms. The van der Waals surface area contributed by atoms with Gasteiger partial charge in [0.15, 0.2) is 0 Å². The number of hydrogen-bond acceptors (Lipinski definition) is 3. The molecule has 6 heteroatoms. The first kappa shape index (κ1) is 13.1. The van der Waals surface area contributed by atoms with Gasteiger partial charge in [-0.1, -0.05) is 0 Å². The number of aliphatic carboxylic acids is 1. The maximum absolute atomic E-state index is 12.6. The van der Waals surface area contributed by atoms with Crippen molar-refractivity contribution in [3.8, 4) is 0 Å². The van der Waals surface area contributed by atoms with Crippen LogP contribution >= 0.6 is 0 Å². The molecule has 0 atom stereocenters. The third-order valence-corrected chi connectivity index (χ3v) is 2.21. The predicted molar refractivity (Wildman–Crippen MR) is 58.0 cm³/mol. The van der Waals surface area contributed by atoms with E-state index in [1.54, 1.807) is 6.92 Å². The van der Waals surface area contributed by atoms with Crippen molar-refractivity contribution in [3.63, 3.8) is 0 Å². The fourth-order valence-electron chi connectivity index (χ4n) is 1.30. The smallest absolute Gasteiger partial charge is 0.305 e. The number of pyridine rings is 1. The predicted octanol–water partition coefficient (Wildman–Crippen LogP) is 1.16. The van der Waals surface area contributed by atoms with Gasteiger partial charge >= 0.3 is 5.97 Å². The van der Waals surface area contributed by atoms with Crippen LogP contribution in [0, 0.1) is 5.82 Å². The molecule has 1 aromatic rings. The van der Waals surface area contributed by atoms with E-state index in [1.807, 2.05) is 0 Å². The Labute approximate surface area is 97.9 Å². The van der Waals surface area contributed by atoms with Gasteiger partial charge in [0.1, 0.15) is 11.5 Å². The summed E-state index contributed by atoms with van der Waals surface area (Å²) >= 11 is 0. The van der Waals surface area contributed by atoms with Crippen molar-refractivity contribution in [1.29, 1.82) is 0 Å². The first-order chi connectivity index (χ1) is 8.04. The highest BCUT2D eigenvalue weighted by Gasteiger charge is 2.16. The van der Waals surface area contributed by atoms with E-state index in [1.165, 1.54) is 11.0 Å². The van der Waals surface area contributed by atoms with Gasteiger partial charge in [0.25, 0.3) is 5.91 Å². The summed E-state index contributed by atoms with van der Waals surface area (Å²) in [7, 11) is 0. The zero-order valence-corrected chi connectivity index (χ0v) is 9.39. The van der Waals surface area contributed by atoms with Crippen LogP contribution in [0.25, 0.3) is 0 Å². The Morgan fingerprint density at radius 3 is 2.65 bits per heavy atom. The van der Waals surface area contributed by atoms with Crippen LogP contribution in [0.4, 0.5) is 4.39 Å². The molecular weight excluding hydrogens is 227 g/mol. The summed E-state index contributed by atoms with van der Waals surface area (Å²) in [4.78, 5) is 27.3. The van der Waals surface area contributed by atoms with Gasteiger partial charge in [0.05, 0.1) is 12.6 Å². The van der Waals surface area contributed by atoms with Crippen LogP contribution in [0.2, 0.25) is 0 Å². The second kappa shape index (κ2) is 5.93. The van der Waals surface area contributed by atoms with E-state index in [4.69, 9.17) is 5.11 Å². The topological polar surface area (TPSA) is 70.5 Å². The van der Waals surface area contributed by atoms with Gasteiger partial charge in [-0.05, 0) is 19.1 Å². The monoisotopic (exact) mass is 240 g/mol. The van der Waals surface area contributed by atoms with Gasteiger partial charge < -0.3 is 10.0 Å². The Kier molecular flexibility index (Phi) is 4.56. The minimum atomic E-state index is -0.969. The Balaban J connectivity index is 2.71. The van der Waals surface area contributed by atoms with E-state index in [0.29, 0.717) is 6.54 Å². The van der Waals surface area contributed by atoms with E-state index in [2.05, 4.69) is 4.98 Å². The molecule has 1 aromatic heterocycles. The largest absolute Gasteiger partial charge is 0.481 e. The van der Waals surface area contributed by atoms with Crippen LogP contribution in [0.1, 0.15) is 23.8 Å². The Bertz CT molecular complexity index is 406. The molecule has 0 unspecified atom stereocenters. The Morgan fingerprint density at radius 2 is 2.18 bits per heavy atom. The molecule has 0 saturated carbocycles. The van der Waals surface area contributed by atoms with Gasteiger partial charge in [-0.15, -0.1) is 0 Å². The van der Waals surface area contributed by atoms with Gasteiger partial charge in [-0.2, -0.15) is 0 Å². The molecule has 0 spiro atoms. The minimum absolute atomic E-state index is 0.110. The number of carboxylic acid groups (broad SMARTS) is 1. The number of rotatable bonds is 5. The summed E-state index contributed by atoms with van der Waals surface area (Å²) < 4.78 is 12.6. The van der Waals surface area contributed by atoms with Crippen molar-refractivity contribution in [2.45, 2.75) is 13.3 Å². The maximum Gasteiger partial charge on any atom is 0.305 e. The lowest BCUT2D eigenvalue weighted by Crippen LogP contribution is -2.33. The molecular formula is C11H13FN2O3. The number of aromatic nitrogens is 1. The lowest BCUT2D eigenvalue weighted by Gasteiger charge is -2.19. The summed E-state index contributed by atoms with van der Waals surface area (Å²) in [5.74, 6) is -1.88. The number of carboxylic acids is 1. The summed E-state index contributed by atoms with van der Waals surface area (Å²) in [6.45, 7) is 2.23. The van der Waals surface area contributed by atoms with Crippen LogP contribution in [-0.4, -0.2) is 40.0 Å². The normalized spacial score (nSPS) is 10.0. The molecule has 92 valence electrons. The Morgan fingerprint density at radius 1 is 1.47 bits per heavy atom. The van der Waals surface area contributed by atoms with Crippen molar-refractivity contribution in [1.82, 2.24) is 9.88 Å². The van der Waals surface area contributed by atoms with Crippen molar-refractivity contribution in [2.24, 2.45) is 0 Å². The molecule has 5 nitrogen and oxygen atoms in total. The average molecular weight is 240 g/mol. The molecule has 0 radical (unpaired) electrons. The first-order valence-corrected chi connectivity index (χ1v) is 5.17. The molecule has 0 fully saturated rings. The number of carbonyl (C=O) groups is 2. The van der Waals surface area contributed by atoms with E-state index < -0.39 is 17.7 Å². The maximum atomic E-state index is 12.6. The molecule has 0 aliphatic heterocycles. The van der Waals surface area contributed by atoms with Crippen LogP contribution in [0.5, 0.6) is 0 Å². The average Bonchev–Trinajstić information content (AvgIpc) is 2.30. The molecule has 1 amide bonds. The fourth-order valence-corrected chi connectivity index (χ4v) is 1.30. The van der Waals surface area contributed by atoms with E-state index in [-0.39, 0.29) is 18.7 Å². The second-order valence-electron chi connectivity index (χ2n) is 3.39. The number of amides is 1. The Hall–Kier alpha value is -1.98. The lowest BCUT2D eigenvalue weighted by atomic mass is 10.3. The van der Waals surface area contributed by atoms with Gasteiger partial charge in [-0.3, -0.25) is 9.59 Å². The highest BCUT2D eigenvalue weighted by Crippen LogP contribution is 2.04. The quantitative estimate of drug-likeness (QED) is 0.838. The third kappa shape index (κ3) is 3.82. The van der Waals surface area contributed by atoms with E-state index >= 15 is 0 Å². The van der Waals surface area contributed by atoms with Gasteiger partial charge in [0, 0.05) is 13.1 Å². The molecule has 0 bridgehead atoms. The molecule has 1 N–H and O–H groups in total. The third-order valence-electron chi connectivity index (χ3n) is 2.21. The lowest BCUT2D eigenvalue weighted by molar-refractivity contribution is -0.137. The minimum Gasteiger partial charge on any atom is -0.481 e. The number of carbonyl (C=O) groups excluding carboxylic acids is 1. The second-order valence-corrected chi connectivity index (χ2v) is 3.39. The summed E-state index contributed by atoms with van der Waals surface area (Å²) in [5, 5.41) is 8.54. The first-order valence-electron chi connectivity index (χ1n) is 5.17. The molecule has 0 aromatic carbocycles. The molecule has 0 aliphatic rings. The highest BCUT2D eigenvalue weighted by atomic mass is 19.1. The molecule has 1 rings (SSSR count). The zero-order valence-electron chi connectivity index (χ0n) is 9.39. The van der Waals surface area contributed by atoms with E-state index in [0.717, 1.165) is 12.3 Å². The summed E-state index contributed by atoms with van der Waals surface area (Å²) in [6.07, 6.45) is 0.832. The van der Waals surface area contributed by atoms with Crippen molar-refractivity contribution >= 4 is 11.9 Å². The summed E-state index contributed by atoms with van der Waals surface area (Å²) in [5.41, 5.74) is 0.110. The number of halogens is 1. The van der Waals surface area contributed by atoms with Crippen molar-refractivity contribution in [2.75, 3.05) is 13.1 Å². The highest BCUT2D eigenvalue weighted by molar-refractivity contribution is 5.92. The van der Waals surface area contributed by atoms with Crippen LogP contribution in [0.3, 0.4) is 0 Å². The molecule has 1 heterocycles. The van der Waals surface area contributed by atoms with Crippen LogP contribution in [-0.2, 0) is 4.79 Å². The fraction of sp³-hybridized carbons (Fsp3) is 0.364. The molecule has 0 saturated heterocycles. The van der Waals surface area contributed by atoms with Crippen molar-refractivity contribution in [3.05, 3.63) is 29.8 Å². The van der Waals surface area contributed by atoms with Crippen LogP contribution in [0.15, 0.2) is 18.3 Å². The van der Waals surface area contributed by atoms with E-state index in [9.17, 15) is 14.0 Å². The van der Waals surface area contributed by atoms with Crippen LogP contribution < -0.4 is 0 Å². The zero-order chi connectivity index (χ0) is 12.8. The number of hydrogen-bond donors (Lipinski definition) is 1. The van der Waals surface area contributed by atoms with Crippen molar-refractivity contribution < 1.29 is 19.1 Å². The number of nitrogens with zero attached hydrogens (tertiary/aromatic N) is 2. The van der Waals surface area contributed by atoms with Gasteiger partial charge in [-0.25, -0.2) is 9.37 Å². The molecule has 0 aliphatic carbocycles. The SMILES string of the molecule is CCN(CCC(=O)O)C(=O)c1ccc(F)cn1. The van der Waals surface area contributed by atoms with Gasteiger partial charge in [0.2, 0.25) is 0 Å². The standard InChI is InChI=1S/C11H13FN2O3/c1-2-14(6-5-10(15)16)11(17)9-4-3-8(12)7-13-9/h3-4,7H,2,5-6H2,1H3,(H,15,16).